The molecule has 1 atom stereocenters. The standard InChI is InChI=1S/C12H19N5O/c1-8(10-5-14-15-6-10)13-7-11-9(2)16-17(3)12(11)18-4/h5-6,8,13H,7H2,1-4H3,(H,14,15). The molecule has 0 fully saturated rings. The Morgan fingerprint density at radius 3 is 2.94 bits per heavy atom. The highest BCUT2D eigenvalue weighted by molar-refractivity contribution is 5.30. The van der Waals surface area contributed by atoms with E-state index in [-0.39, 0.29) is 6.04 Å². The van der Waals surface area contributed by atoms with E-state index in [9.17, 15) is 0 Å². The van der Waals surface area contributed by atoms with Crippen molar-refractivity contribution in [2.24, 2.45) is 7.05 Å². The number of nitrogens with zero attached hydrogens (tertiary/aromatic N) is 3. The molecule has 2 rings (SSSR count). The Hall–Kier alpha value is -1.82. The van der Waals surface area contributed by atoms with E-state index in [1.165, 1.54) is 0 Å². The Bertz CT molecular complexity index is 503. The van der Waals surface area contributed by atoms with Gasteiger partial charge in [-0.2, -0.15) is 10.2 Å². The van der Waals surface area contributed by atoms with Gasteiger partial charge in [0.25, 0.3) is 0 Å². The normalized spacial score (nSPS) is 12.7. The molecule has 0 aliphatic heterocycles. The number of methoxy groups -OCH3 is 1. The quantitative estimate of drug-likeness (QED) is 0.838. The number of ether oxygens (including phenoxy) is 1. The van der Waals surface area contributed by atoms with Crippen LogP contribution in [0, 0.1) is 6.92 Å². The van der Waals surface area contributed by atoms with E-state index in [0.717, 1.165) is 29.2 Å². The first-order valence-corrected chi connectivity index (χ1v) is 5.92. The van der Waals surface area contributed by atoms with Gasteiger partial charge in [0.15, 0.2) is 0 Å². The summed E-state index contributed by atoms with van der Waals surface area (Å²) in [4.78, 5) is 0. The molecular formula is C12H19N5O. The minimum atomic E-state index is 0.230. The molecule has 0 aliphatic rings. The van der Waals surface area contributed by atoms with Gasteiger partial charge in [0, 0.05) is 31.4 Å². The maximum absolute atomic E-state index is 5.36. The minimum Gasteiger partial charge on any atom is -0.481 e. The van der Waals surface area contributed by atoms with Crippen LogP contribution in [0.25, 0.3) is 0 Å². The molecule has 0 aromatic carbocycles. The monoisotopic (exact) mass is 249 g/mol. The number of hydrogen-bond acceptors (Lipinski definition) is 4. The molecular weight excluding hydrogens is 230 g/mol. The number of aryl methyl sites for hydroxylation is 2. The molecule has 1 unspecified atom stereocenters. The van der Waals surface area contributed by atoms with Crippen LogP contribution in [0.15, 0.2) is 12.4 Å². The summed E-state index contributed by atoms with van der Waals surface area (Å²) in [7, 11) is 3.55. The third kappa shape index (κ3) is 2.38. The summed E-state index contributed by atoms with van der Waals surface area (Å²) in [6.45, 7) is 4.81. The van der Waals surface area contributed by atoms with Crippen molar-refractivity contribution in [3.63, 3.8) is 0 Å². The zero-order chi connectivity index (χ0) is 13.1. The van der Waals surface area contributed by atoms with Crippen molar-refractivity contribution < 1.29 is 4.74 Å². The lowest BCUT2D eigenvalue weighted by atomic mass is 10.1. The van der Waals surface area contributed by atoms with Gasteiger partial charge in [-0.1, -0.05) is 0 Å². The predicted molar refractivity (Wildman–Crippen MR) is 68.3 cm³/mol. The molecule has 0 aliphatic carbocycles. The highest BCUT2D eigenvalue weighted by Gasteiger charge is 2.15. The van der Waals surface area contributed by atoms with Gasteiger partial charge in [0.2, 0.25) is 5.88 Å². The number of rotatable bonds is 5. The van der Waals surface area contributed by atoms with Crippen molar-refractivity contribution in [3.05, 3.63) is 29.2 Å². The molecule has 6 nitrogen and oxygen atoms in total. The van der Waals surface area contributed by atoms with Gasteiger partial charge < -0.3 is 10.1 Å². The summed E-state index contributed by atoms with van der Waals surface area (Å²) in [5.74, 6) is 0.805. The van der Waals surface area contributed by atoms with Gasteiger partial charge in [-0.25, -0.2) is 4.68 Å². The molecule has 6 heteroatoms. The molecule has 2 heterocycles. The van der Waals surface area contributed by atoms with Crippen molar-refractivity contribution in [1.82, 2.24) is 25.3 Å². The first kappa shape index (κ1) is 12.6. The average Bonchev–Trinajstić information content (AvgIpc) is 2.94. The molecule has 2 aromatic heterocycles. The van der Waals surface area contributed by atoms with E-state index in [4.69, 9.17) is 4.74 Å². The summed E-state index contributed by atoms with van der Waals surface area (Å²) >= 11 is 0. The third-order valence-electron chi connectivity index (χ3n) is 3.09. The molecule has 18 heavy (non-hydrogen) atoms. The van der Waals surface area contributed by atoms with E-state index in [0.29, 0.717) is 0 Å². The van der Waals surface area contributed by atoms with Gasteiger partial charge in [-0.3, -0.25) is 5.10 Å². The molecule has 0 spiro atoms. The van der Waals surface area contributed by atoms with Gasteiger partial charge >= 0.3 is 0 Å². The highest BCUT2D eigenvalue weighted by Crippen LogP contribution is 2.21. The third-order valence-corrected chi connectivity index (χ3v) is 3.09. The van der Waals surface area contributed by atoms with Crippen molar-refractivity contribution in [3.8, 4) is 5.88 Å². The lowest BCUT2D eigenvalue weighted by Crippen LogP contribution is -2.18. The lowest BCUT2D eigenvalue weighted by molar-refractivity contribution is 0.367. The number of H-pyrrole nitrogens is 1. The molecule has 0 radical (unpaired) electrons. The predicted octanol–water partition coefficient (Wildman–Crippen LogP) is 1.31. The van der Waals surface area contributed by atoms with Crippen molar-refractivity contribution in [2.75, 3.05) is 7.11 Å². The Morgan fingerprint density at radius 1 is 1.56 bits per heavy atom. The Kier molecular flexibility index (Phi) is 3.66. The summed E-state index contributed by atoms with van der Waals surface area (Å²) in [5.41, 5.74) is 3.21. The SMILES string of the molecule is COc1c(CNC(C)c2cn[nH]c2)c(C)nn1C. The molecule has 0 bridgehead atoms. The second-order valence-electron chi connectivity index (χ2n) is 4.33. The summed E-state index contributed by atoms with van der Waals surface area (Å²) in [6, 6.07) is 0.230. The zero-order valence-corrected chi connectivity index (χ0v) is 11.2. The largest absolute Gasteiger partial charge is 0.481 e. The van der Waals surface area contributed by atoms with Crippen LogP contribution < -0.4 is 10.1 Å². The maximum Gasteiger partial charge on any atom is 0.216 e. The van der Waals surface area contributed by atoms with Gasteiger partial charge in [-0.15, -0.1) is 0 Å². The highest BCUT2D eigenvalue weighted by atomic mass is 16.5. The van der Waals surface area contributed by atoms with E-state index in [1.54, 1.807) is 11.8 Å². The average molecular weight is 249 g/mol. The maximum atomic E-state index is 5.36. The van der Waals surface area contributed by atoms with Gasteiger partial charge in [0.05, 0.1) is 24.6 Å². The van der Waals surface area contributed by atoms with Crippen LogP contribution in [0.1, 0.15) is 29.8 Å². The van der Waals surface area contributed by atoms with E-state index < -0.39 is 0 Å². The van der Waals surface area contributed by atoms with E-state index in [2.05, 4.69) is 27.5 Å². The number of hydrogen-bond donors (Lipinski definition) is 2. The van der Waals surface area contributed by atoms with E-state index in [1.807, 2.05) is 26.4 Å². The van der Waals surface area contributed by atoms with Crippen LogP contribution in [0.4, 0.5) is 0 Å². The van der Waals surface area contributed by atoms with Gasteiger partial charge in [-0.05, 0) is 13.8 Å². The fourth-order valence-corrected chi connectivity index (χ4v) is 2.01. The molecule has 0 amide bonds. The number of aromatic nitrogens is 4. The Morgan fingerprint density at radius 2 is 2.33 bits per heavy atom. The summed E-state index contributed by atoms with van der Waals surface area (Å²) in [5, 5.41) is 14.6. The van der Waals surface area contributed by atoms with Gasteiger partial charge in [0.1, 0.15) is 0 Å². The van der Waals surface area contributed by atoms with Crippen LogP contribution in [-0.4, -0.2) is 27.1 Å². The zero-order valence-electron chi connectivity index (χ0n) is 11.2. The Balaban J connectivity index is 2.06. The number of aromatic amines is 1. The molecule has 0 saturated heterocycles. The first-order chi connectivity index (χ1) is 8.63. The van der Waals surface area contributed by atoms with Crippen LogP contribution in [-0.2, 0) is 13.6 Å². The van der Waals surface area contributed by atoms with Crippen LogP contribution in [0.2, 0.25) is 0 Å². The van der Waals surface area contributed by atoms with Crippen molar-refractivity contribution >= 4 is 0 Å². The van der Waals surface area contributed by atoms with Crippen molar-refractivity contribution in [1.29, 1.82) is 0 Å². The van der Waals surface area contributed by atoms with Crippen LogP contribution in [0.3, 0.4) is 0 Å². The molecule has 2 aromatic rings. The fourth-order valence-electron chi connectivity index (χ4n) is 2.01. The van der Waals surface area contributed by atoms with Crippen LogP contribution in [0.5, 0.6) is 5.88 Å². The molecule has 2 N–H and O–H groups in total. The smallest absolute Gasteiger partial charge is 0.216 e. The fraction of sp³-hybridized carbons (Fsp3) is 0.500. The minimum absolute atomic E-state index is 0.230. The van der Waals surface area contributed by atoms with Crippen molar-refractivity contribution in [2.45, 2.75) is 26.4 Å². The van der Waals surface area contributed by atoms with Crippen LogP contribution >= 0.6 is 0 Å². The summed E-state index contributed by atoms with van der Waals surface area (Å²) < 4.78 is 7.12. The first-order valence-electron chi connectivity index (χ1n) is 5.92. The lowest BCUT2D eigenvalue weighted by Gasteiger charge is -2.12. The van der Waals surface area contributed by atoms with E-state index >= 15 is 0 Å². The topological polar surface area (TPSA) is 67.8 Å². The second-order valence-corrected chi connectivity index (χ2v) is 4.33. The second kappa shape index (κ2) is 5.22. The molecule has 98 valence electrons. The number of nitrogens with one attached hydrogen (secondary N) is 2. The summed E-state index contributed by atoms with van der Waals surface area (Å²) in [6.07, 6.45) is 3.72. The molecule has 0 saturated carbocycles. The Labute approximate surface area is 106 Å².